The van der Waals surface area contributed by atoms with Gasteiger partial charge in [0.1, 0.15) is 5.75 Å². The van der Waals surface area contributed by atoms with E-state index in [-0.39, 0.29) is 5.91 Å². The quantitative estimate of drug-likeness (QED) is 0.903. The average molecular weight is 298 g/mol. The molecule has 1 amide bonds. The Balaban J connectivity index is 1.83. The first-order chi connectivity index (χ1) is 10.8. The topological polar surface area (TPSA) is 54.1 Å². The summed E-state index contributed by atoms with van der Waals surface area (Å²) < 4.78 is 5.41. The number of aromatic amines is 1. The summed E-state index contributed by atoms with van der Waals surface area (Å²) in [4.78, 5) is 15.6. The predicted molar refractivity (Wildman–Crippen MR) is 87.1 cm³/mol. The van der Waals surface area contributed by atoms with Crippen LogP contribution in [0.2, 0.25) is 0 Å². The normalized spacial score (nSPS) is 15.5. The number of hydrogen-bond donors (Lipinski definition) is 2. The predicted octanol–water partition coefficient (Wildman–Crippen LogP) is 3.75. The van der Waals surface area contributed by atoms with Gasteiger partial charge in [-0.25, -0.2) is 0 Å². The fraction of sp³-hybridized carbons (Fsp3) is 0.389. The molecule has 0 unspecified atom stereocenters. The Morgan fingerprint density at radius 3 is 2.68 bits per heavy atom. The summed E-state index contributed by atoms with van der Waals surface area (Å²) in [6.07, 6.45) is 9.48. The molecular weight excluding hydrogens is 276 g/mol. The van der Waals surface area contributed by atoms with Gasteiger partial charge in [-0.1, -0.05) is 37.5 Å². The van der Waals surface area contributed by atoms with Crippen molar-refractivity contribution in [2.75, 3.05) is 7.11 Å². The van der Waals surface area contributed by atoms with Crippen molar-refractivity contribution in [3.05, 3.63) is 42.2 Å². The Kier molecular flexibility index (Phi) is 4.47. The zero-order valence-corrected chi connectivity index (χ0v) is 12.9. The Bertz CT molecular complexity index is 642. The minimum Gasteiger partial charge on any atom is -0.496 e. The summed E-state index contributed by atoms with van der Waals surface area (Å²) in [7, 11) is 1.65. The van der Waals surface area contributed by atoms with Crippen LogP contribution in [0.15, 0.2) is 36.7 Å². The van der Waals surface area contributed by atoms with Crippen LogP contribution in [-0.2, 0) is 0 Å². The SMILES string of the molecule is COc1ccccc1-c1c[nH]cc1C(=O)NC1CCCCC1. The molecule has 2 aromatic rings. The Morgan fingerprint density at radius 2 is 1.91 bits per heavy atom. The van der Waals surface area contributed by atoms with E-state index in [4.69, 9.17) is 4.74 Å². The van der Waals surface area contributed by atoms with Gasteiger partial charge < -0.3 is 15.0 Å². The Morgan fingerprint density at radius 1 is 1.14 bits per heavy atom. The number of ether oxygens (including phenoxy) is 1. The van der Waals surface area contributed by atoms with Gasteiger partial charge in [-0.3, -0.25) is 4.79 Å². The zero-order valence-electron chi connectivity index (χ0n) is 12.9. The van der Waals surface area contributed by atoms with Crippen LogP contribution in [0.3, 0.4) is 0 Å². The first kappa shape index (κ1) is 14.7. The summed E-state index contributed by atoms with van der Waals surface area (Å²) in [6.45, 7) is 0. The lowest BCUT2D eigenvalue weighted by atomic mass is 9.95. The molecular formula is C18H22N2O2. The van der Waals surface area contributed by atoms with Crippen molar-refractivity contribution in [2.45, 2.75) is 38.1 Å². The van der Waals surface area contributed by atoms with Gasteiger partial charge in [0.25, 0.3) is 5.91 Å². The van der Waals surface area contributed by atoms with Crippen LogP contribution >= 0.6 is 0 Å². The number of hydrogen-bond acceptors (Lipinski definition) is 2. The van der Waals surface area contributed by atoms with E-state index in [2.05, 4.69) is 10.3 Å². The molecule has 0 spiro atoms. The fourth-order valence-electron chi connectivity index (χ4n) is 3.15. The molecule has 0 radical (unpaired) electrons. The smallest absolute Gasteiger partial charge is 0.253 e. The van der Waals surface area contributed by atoms with Gasteiger partial charge in [0, 0.05) is 29.6 Å². The number of benzene rings is 1. The third-order valence-corrected chi connectivity index (χ3v) is 4.33. The van der Waals surface area contributed by atoms with Crippen molar-refractivity contribution in [3.63, 3.8) is 0 Å². The standard InChI is InChI=1S/C18H22N2O2/c1-22-17-10-6-5-9-14(17)15-11-19-12-16(15)18(21)20-13-7-3-2-4-8-13/h5-6,9-13,19H,2-4,7-8H2,1H3,(H,20,21). The molecule has 1 aromatic carbocycles. The Hall–Kier alpha value is -2.23. The van der Waals surface area contributed by atoms with E-state index >= 15 is 0 Å². The minimum atomic E-state index is -0.00550. The molecule has 2 N–H and O–H groups in total. The largest absolute Gasteiger partial charge is 0.496 e. The van der Waals surface area contributed by atoms with Crippen LogP contribution in [-0.4, -0.2) is 24.0 Å². The zero-order chi connectivity index (χ0) is 15.4. The molecule has 1 aromatic heterocycles. The number of para-hydroxylation sites is 1. The number of aromatic nitrogens is 1. The number of H-pyrrole nitrogens is 1. The molecule has 1 fully saturated rings. The molecule has 1 aliphatic rings. The second-order valence-electron chi connectivity index (χ2n) is 5.79. The molecule has 22 heavy (non-hydrogen) atoms. The first-order valence-corrected chi connectivity index (χ1v) is 7.90. The highest BCUT2D eigenvalue weighted by Gasteiger charge is 2.20. The first-order valence-electron chi connectivity index (χ1n) is 7.90. The van der Waals surface area contributed by atoms with E-state index < -0.39 is 0 Å². The lowest BCUT2D eigenvalue weighted by Crippen LogP contribution is -2.36. The van der Waals surface area contributed by atoms with Crippen molar-refractivity contribution in [3.8, 4) is 16.9 Å². The van der Waals surface area contributed by atoms with Crippen LogP contribution in [0.5, 0.6) is 5.75 Å². The number of amides is 1. The van der Waals surface area contributed by atoms with Crippen LogP contribution in [0.4, 0.5) is 0 Å². The van der Waals surface area contributed by atoms with E-state index in [1.807, 2.05) is 30.5 Å². The van der Waals surface area contributed by atoms with Crippen molar-refractivity contribution < 1.29 is 9.53 Å². The van der Waals surface area contributed by atoms with Gasteiger partial charge in [0.15, 0.2) is 0 Å². The van der Waals surface area contributed by atoms with Gasteiger partial charge in [-0.2, -0.15) is 0 Å². The lowest BCUT2D eigenvalue weighted by molar-refractivity contribution is 0.0928. The molecule has 4 nitrogen and oxygen atoms in total. The van der Waals surface area contributed by atoms with E-state index in [1.54, 1.807) is 13.3 Å². The molecule has 3 rings (SSSR count). The second kappa shape index (κ2) is 6.69. The van der Waals surface area contributed by atoms with Crippen LogP contribution in [0.1, 0.15) is 42.5 Å². The van der Waals surface area contributed by atoms with Gasteiger partial charge in [-0.05, 0) is 18.9 Å². The van der Waals surface area contributed by atoms with Gasteiger partial charge in [0.05, 0.1) is 12.7 Å². The van der Waals surface area contributed by atoms with Crippen molar-refractivity contribution in [1.29, 1.82) is 0 Å². The second-order valence-corrected chi connectivity index (χ2v) is 5.79. The van der Waals surface area contributed by atoms with Crippen LogP contribution in [0.25, 0.3) is 11.1 Å². The number of methoxy groups -OCH3 is 1. The fourth-order valence-corrected chi connectivity index (χ4v) is 3.15. The highest BCUT2D eigenvalue weighted by Crippen LogP contribution is 2.32. The van der Waals surface area contributed by atoms with Crippen molar-refractivity contribution in [2.24, 2.45) is 0 Å². The maximum absolute atomic E-state index is 12.6. The van der Waals surface area contributed by atoms with E-state index in [9.17, 15) is 4.79 Å². The van der Waals surface area contributed by atoms with Crippen LogP contribution < -0.4 is 10.1 Å². The monoisotopic (exact) mass is 298 g/mol. The molecule has 4 heteroatoms. The number of nitrogens with one attached hydrogen (secondary N) is 2. The maximum Gasteiger partial charge on any atom is 0.253 e. The van der Waals surface area contributed by atoms with E-state index in [1.165, 1.54) is 19.3 Å². The number of rotatable bonds is 4. The van der Waals surface area contributed by atoms with Gasteiger partial charge in [-0.15, -0.1) is 0 Å². The molecule has 0 atom stereocenters. The highest BCUT2D eigenvalue weighted by molar-refractivity contribution is 6.01. The summed E-state index contributed by atoms with van der Waals surface area (Å²) >= 11 is 0. The van der Waals surface area contributed by atoms with Crippen molar-refractivity contribution in [1.82, 2.24) is 10.3 Å². The molecule has 116 valence electrons. The molecule has 1 aliphatic carbocycles. The molecule has 1 heterocycles. The third kappa shape index (κ3) is 3.01. The average Bonchev–Trinajstić information content (AvgIpc) is 3.05. The summed E-state index contributed by atoms with van der Waals surface area (Å²) in [6, 6.07) is 8.07. The Labute approximate surface area is 130 Å². The summed E-state index contributed by atoms with van der Waals surface area (Å²) in [5.41, 5.74) is 2.49. The lowest BCUT2D eigenvalue weighted by Gasteiger charge is -2.22. The van der Waals surface area contributed by atoms with Crippen LogP contribution in [0, 0.1) is 0 Å². The molecule has 0 saturated heterocycles. The number of carbonyl (C=O) groups excluding carboxylic acids is 1. The maximum atomic E-state index is 12.6. The van der Waals surface area contributed by atoms with E-state index in [0.717, 1.165) is 29.7 Å². The summed E-state index contributed by atoms with van der Waals surface area (Å²) in [5.74, 6) is 0.767. The van der Waals surface area contributed by atoms with Gasteiger partial charge >= 0.3 is 0 Å². The molecule has 0 aliphatic heterocycles. The minimum absolute atomic E-state index is 0.00550. The van der Waals surface area contributed by atoms with Gasteiger partial charge in [0.2, 0.25) is 0 Å². The van der Waals surface area contributed by atoms with E-state index in [0.29, 0.717) is 11.6 Å². The van der Waals surface area contributed by atoms with Crippen molar-refractivity contribution >= 4 is 5.91 Å². The summed E-state index contributed by atoms with van der Waals surface area (Å²) in [5, 5.41) is 3.17. The molecule has 0 bridgehead atoms. The third-order valence-electron chi connectivity index (χ3n) is 4.33. The number of carbonyl (C=O) groups is 1. The molecule has 1 saturated carbocycles. The highest BCUT2D eigenvalue weighted by atomic mass is 16.5.